The lowest BCUT2D eigenvalue weighted by Crippen LogP contribution is -2.32. The summed E-state index contributed by atoms with van der Waals surface area (Å²) in [6.45, 7) is 1.03. The Hall–Kier alpha value is -2.90. The summed E-state index contributed by atoms with van der Waals surface area (Å²) in [6.07, 6.45) is 0.701. The molecule has 4 rings (SSSR count). The number of imidazole rings is 1. The van der Waals surface area contributed by atoms with E-state index in [1.165, 1.54) is 0 Å². The van der Waals surface area contributed by atoms with Gasteiger partial charge in [0.25, 0.3) is 5.91 Å². The molecule has 2 aromatic carbocycles. The van der Waals surface area contributed by atoms with Crippen molar-refractivity contribution in [2.45, 2.75) is 18.9 Å². The third-order valence-corrected chi connectivity index (χ3v) is 5.13. The number of ether oxygens (including phenoxy) is 1. The topological polar surface area (TPSA) is 76.5 Å². The lowest BCUT2D eigenvalue weighted by atomic mass is 10.1. The first kappa shape index (κ1) is 19.4. The summed E-state index contributed by atoms with van der Waals surface area (Å²) in [5.41, 5.74) is 2.23. The molecule has 1 aliphatic heterocycles. The maximum absolute atomic E-state index is 13.1. The van der Waals surface area contributed by atoms with E-state index in [1.54, 1.807) is 36.3 Å². The van der Waals surface area contributed by atoms with E-state index in [4.69, 9.17) is 16.3 Å². The number of nitrogens with zero attached hydrogens (tertiary/aromatic N) is 3. The van der Waals surface area contributed by atoms with Crippen LogP contribution >= 0.6 is 11.6 Å². The molecule has 29 heavy (non-hydrogen) atoms. The molecule has 1 N–H and O–H groups in total. The highest BCUT2D eigenvalue weighted by atomic mass is 35.5. The predicted octanol–water partition coefficient (Wildman–Crippen LogP) is 3.64. The zero-order valence-corrected chi connectivity index (χ0v) is 16.7. The van der Waals surface area contributed by atoms with E-state index in [-0.39, 0.29) is 18.2 Å². The lowest BCUT2D eigenvalue weighted by molar-refractivity contribution is -0.124. The first-order valence-electron chi connectivity index (χ1n) is 9.41. The molecule has 0 bridgehead atoms. The maximum atomic E-state index is 13.1. The van der Waals surface area contributed by atoms with E-state index >= 15 is 0 Å². The highest BCUT2D eigenvalue weighted by Gasteiger charge is 2.40. The number of hydrogen-bond acceptors (Lipinski definition) is 4. The number of hydrogen-bond donors (Lipinski definition) is 1. The minimum absolute atomic E-state index is 0.0134. The number of amides is 2. The van der Waals surface area contributed by atoms with Crippen molar-refractivity contribution in [2.24, 2.45) is 0 Å². The first-order valence-corrected chi connectivity index (χ1v) is 9.79. The third kappa shape index (κ3) is 3.83. The van der Waals surface area contributed by atoms with Crippen molar-refractivity contribution in [3.05, 3.63) is 53.6 Å². The second-order valence-corrected chi connectivity index (χ2v) is 7.32. The normalized spacial score (nSPS) is 15.7. The summed E-state index contributed by atoms with van der Waals surface area (Å²) >= 11 is 5.98. The largest absolute Gasteiger partial charge is 0.385 e. The van der Waals surface area contributed by atoms with Crippen LogP contribution in [0.4, 0.5) is 11.6 Å². The number of para-hydroxylation sites is 2. The van der Waals surface area contributed by atoms with Gasteiger partial charge in [0.1, 0.15) is 6.04 Å². The second kappa shape index (κ2) is 8.23. The summed E-state index contributed by atoms with van der Waals surface area (Å²) in [5, 5.41) is 3.35. The van der Waals surface area contributed by atoms with Gasteiger partial charge in [-0.05, 0) is 36.8 Å². The van der Waals surface area contributed by atoms with Gasteiger partial charge < -0.3 is 10.1 Å². The molecule has 7 nitrogen and oxygen atoms in total. The number of fused-ring (bicyclic) bond motifs is 3. The molecule has 3 aromatic rings. The molecule has 150 valence electrons. The summed E-state index contributed by atoms with van der Waals surface area (Å²) in [4.78, 5) is 32.1. The molecule has 0 aliphatic carbocycles. The van der Waals surface area contributed by atoms with E-state index in [1.807, 2.05) is 28.8 Å². The predicted molar refractivity (Wildman–Crippen MR) is 112 cm³/mol. The van der Waals surface area contributed by atoms with Crippen LogP contribution in [0.25, 0.3) is 11.0 Å². The van der Waals surface area contributed by atoms with E-state index < -0.39 is 6.04 Å². The molecule has 0 saturated heterocycles. The quantitative estimate of drug-likeness (QED) is 0.601. The zero-order valence-electron chi connectivity index (χ0n) is 16.0. The van der Waals surface area contributed by atoms with E-state index in [2.05, 4.69) is 10.3 Å². The van der Waals surface area contributed by atoms with Crippen LogP contribution in [0, 0.1) is 0 Å². The molecule has 0 radical (unpaired) electrons. The molecule has 1 aromatic heterocycles. The van der Waals surface area contributed by atoms with Crippen LogP contribution in [0.2, 0.25) is 5.02 Å². The van der Waals surface area contributed by atoms with Crippen molar-refractivity contribution in [3.8, 4) is 0 Å². The minimum Gasteiger partial charge on any atom is -0.385 e. The third-order valence-electron chi connectivity index (χ3n) is 4.90. The summed E-state index contributed by atoms with van der Waals surface area (Å²) in [7, 11) is 1.63. The van der Waals surface area contributed by atoms with Crippen LogP contribution < -0.4 is 10.2 Å². The van der Waals surface area contributed by atoms with Crippen LogP contribution in [-0.2, 0) is 14.3 Å². The Labute approximate surface area is 173 Å². The van der Waals surface area contributed by atoms with E-state index in [0.717, 1.165) is 11.0 Å². The van der Waals surface area contributed by atoms with Gasteiger partial charge in [-0.2, -0.15) is 0 Å². The summed E-state index contributed by atoms with van der Waals surface area (Å²) < 4.78 is 6.97. The van der Waals surface area contributed by atoms with Gasteiger partial charge in [0.05, 0.1) is 17.5 Å². The van der Waals surface area contributed by atoms with Crippen molar-refractivity contribution in [2.75, 3.05) is 30.5 Å². The zero-order chi connectivity index (χ0) is 20.4. The van der Waals surface area contributed by atoms with E-state index in [9.17, 15) is 9.59 Å². The lowest BCUT2D eigenvalue weighted by Gasteiger charge is -2.15. The Morgan fingerprint density at radius 1 is 1.24 bits per heavy atom. The smallest absolute Gasteiger partial charge is 0.253 e. The molecule has 8 heteroatoms. The molecular weight excluding hydrogens is 392 g/mol. The Morgan fingerprint density at radius 2 is 2.07 bits per heavy atom. The van der Waals surface area contributed by atoms with Crippen LogP contribution in [0.15, 0.2) is 48.5 Å². The fraction of sp³-hybridized carbons (Fsp3) is 0.286. The fourth-order valence-corrected chi connectivity index (χ4v) is 3.82. The molecule has 0 saturated carbocycles. The Morgan fingerprint density at radius 3 is 2.86 bits per heavy atom. The second-order valence-electron chi connectivity index (χ2n) is 6.89. The molecule has 1 aliphatic rings. The Balaban J connectivity index is 1.61. The number of aromatic nitrogens is 2. The van der Waals surface area contributed by atoms with Crippen LogP contribution in [-0.4, -0.2) is 41.6 Å². The number of benzene rings is 2. The number of carbonyl (C=O) groups excluding carboxylic acids is 2. The van der Waals surface area contributed by atoms with Crippen molar-refractivity contribution < 1.29 is 14.3 Å². The first-order chi connectivity index (χ1) is 14.1. The van der Waals surface area contributed by atoms with Gasteiger partial charge in [-0.1, -0.05) is 29.8 Å². The van der Waals surface area contributed by atoms with Gasteiger partial charge in [-0.3, -0.25) is 19.1 Å². The molecule has 0 fully saturated rings. The molecule has 1 atom stereocenters. The molecule has 0 spiro atoms. The van der Waals surface area contributed by atoms with Gasteiger partial charge in [-0.15, -0.1) is 0 Å². The van der Waals surface area contributed by atoms with Crippen molar-refractivity contribution in [3.63, 3.8) is 0 Å². The fourth-order valence-electron chi connectivity index (χ4n) is 3.63. The van der Waals surface area contributed by atoms with Gasteiger partial charge in [0.2, 0.25) is 11.9 Å². The molecular formula is C21H21ClN4O3. The number of carbonyl (C=O) groups is 2. The molecule has 0 unspecified atom stereocenters. The van der Waals surface area contributed by atoms with Crippen molar-refractivity contribution >= 4 is 46.1 Å². The average molecular weight is 413 g/mol. The summed E-state index contributed by atoms with van der Waals surface area (Å²) in [6, 6.07) is 13.9. The number of halogens is 1. The minimum atomic E-state index is -0.640. The van der Waals surface area contributed by atoms with Crippen molar-refractivity contribution in [1.82, 2.24) is 9.55 Å². The standard InChI is InChI=1S/C21H21ClN4O3/c1-29-11-5-10-25-20(28)18(13-19(27)23-15-7-4-6-14(22)12-15)26-17-9-3-2-8-16(17)24-21(25)26/h2-4,6-9,12,18H,5,10-11,13H2,1H3,(H,23,27)/t18-/m1/s1. The molecule has 2 heterocycles. The van der Waals surface area contributed by atoms with Gasteiger partial charge >= 0.3 is 0 Å². The van der Waals surface area contributed by atoms with E-state index in [0.29, 0.717) is 36.2 Å². The van der Waals surface area contributed by atoms with Crippen LogP contribution in [0.5, 0.6) is 0 Å². The number of nitrogens with one attached hydrogen (secondary N) is 1. The number of anilines is 2. The SMILES string of the molecule is COCCCN1C(=O)[C@@H](CC(=O)Nc2cccc(Cl)c2)n2c1nc1ccccc12. The van der Waals surface area contributed by atoms with Crippen LogP contribution in [0.3, 0.4) is 0 Å². The monoisotopic (exact) mass is 412 g/mol. The van der Waals surface area contributed by atoms with Gasteiger partial charge in [-0.25, -0.2) is 4.98 Å². The van der Waals surface area contributed by atoms with Gasteiger partial charge in [0, 0.05) is 31.0 Å². The number of rotatable bonds is 7. The highest BCUT2D eigenvalue weighted by Crippen LogP contribution is 2.36. The van der Waals surface area contributed by atoms with Crippen LogP contribution in [0.1, 0.15) is 18.9 Å². The Bertz CT molecular complexity index is 1070. The highest BCUT2D eigenvalue weighted by molar-refractivity contribution is 6.30. The summed E-state index contributed by atoms with van der Waals surface area (Å²) in [5.74, 6) is 0.191. The Kier molecular flexibility index (Phi) is 5.51. The maximum Gasteiger partial charge on any atom is 0.253 e. The average Bonchev–Trinajstić information content (AvgIpc) is 3.18. The number of methoxy groups -OCH3 is 1. The molecule has 2 amide bonds. The van der Waals surface area contributed by atoms with Gasteiger partial charge in [0.15, 0.2) is 0 Å². The van der Waals surface area contributed by atoms with Crippen molar-refractivity contribution in [1.29, 1.82) is 0 Å².